The van der Waals surface area contributed by atoms with Gasteiger partial charge in [0.05, 0.1) is 12.0 Å². The molecule has 29 heavy (non-hydrogen) atoms. The summed E-state index contributed by atoms with van der Waals surface area (Å²) in [4.78, 5) is 11.9. The Hall–Kier alpha value is -2.27. The lowest BCUT2D eigenvalue weighted by molar-refractivity contribution is -0.118. The van der Waals surface area contributed by atoms with Gasteiger partial charge in [-0.1, -0.05) is 58.6 Å². The highest BCUT2D eigenvalue weighted by atomic mass is 35.5. The normalized spacial score (nSPS) is 11.1. The number of thioether (sulfide) groups is 2. The lowest BCUT2D eigenvalue weighted by Gasteiger charge is -1.99. The van der Waals surface area contributed by atoms with E-state index < -0.39 is 0 Å². The largest absolute Gasteiger partial charge is 0.504 e. The van der Waals surface area contributed by atoms with Crippen LogP contribution in [-0.2, 0) is 10.5 Å². The topological polar surface area (TPSA) is 108 Å². The van der Waals surface area contributed by atoms with Gasteiger partial charge in [0.2, 0.25) is 0 Å². The molecule has 0 aliphatic carbocycles. The zero-order valence-electron chi connectivity index (χ0n) is 14.8. The minimum Gasteiger partial charge on any atom is -0.504 e. The van der Waals surface area contributed by atoms with E-state index in [4.69, 9.17) is 11.6 Å². The van der Waals surface area contributed by atoms with Crippen LogP contribution in [0.15, 0.2) is 56.2 Å². The van der Waals surface area contributed by atoms with E-state index in [1.54, 1.807) is 17.8 Å². The van der Waals surface area contributed by atoms with Crippen LogP contribution >= 0.6 is 46.5 Å². The molecule has 0 radical (unpaired) electrons. The third kappa shape index (κ3) is 6.93. The molecule has 3 aromatic rings. The number of hydrogen-bond donors (Lipinski definition) is 3. The molecule has 0 aliphatic heterocycles. The molecule has 0 saturated heterocycles. The van der Waals surface area contributed by atoms with Gasteiger partial charge in [-0.2, -0.15) is 5.10 Å². The Bertz CT molecular complexity index is 1010. The van der Waals surface area contributed by atoms with Crippen molar-refractivity contribution in [3.8, 4) is 11.5 Å². The molecule has 3 rings (SSSR count). The number of aromatic nitrogens is 2. The molecule has 2 aromatic carbocycles. The second-order valence-corrected chi connectivity index (χ2v) is 9.44. The molecule has 0 aliphatic rings. The predicted octanol–water partition coefficient (Wildman–Crippen LogP) is 4.14. The number of carbonyl (C=O) groups is 1. The summed E-state index contributed by atoms with van der Waals surface area (Å²) in [5.74, 6) is 0.148. The van der Waals surface area contributed by atoms with Crippen LogP contribution in [-0.4, -0.2) is 38.3 Å². The lowest BCUT2D eigenvalue weighted by Crippen LogP contribution is -2.19. The molecular formula is C18H15ClN4O3S3. The maximum absolute atomic E-state index is 11.9. The molecule has 1 amide bonds. The van der Waals surface area contributed by atoms with Crippen molar-refractivity contribution in [3.63, 3.8) is 0 Å². The van der Waals surface area contributed by atoms with Gasteiger partial charge in [-0.25, -0.2) is 5.43 Å². The number of aromatic hydroxyl groups is 2. The minimum absolute atomic E-state index is 0.147. The van der Waals surface area contributed by atoms with Crippen molar-refractivity contribution >= 4 is 58.6 Å². The van der Waals surface area contributed by atoms with Gasteiger partial charge in [0.15, 0.2) is 20.2 Å². The van der Waals surface area contributed by atoms with Gasteiger partial charge in [0, 0.05) is 10.8 Å². The average molecular weight is 467 g/mol. The first-order chi connectivity index (χ1) is 14.0. The number of hydrogen-bond acceptors (Lipinski definition) is 9. The zero-order chi connectivity index (χ0) is 20.6. The highest BCUT2D eigenvalue weighted by Gasteiger charge is 2.09. The van der Waals surface area contributed by atoms with E-state index >= 15 is 0 Å². The van der Waals surface area contributed by atoms with Crippen molar-refractivity contribution in [2.24, 2.45) is 5.10 Å². The highest BCUT2D eigenvalue weighted by molar-refractivity contribution is 8.03. The highest BCUT2D eigenvalue weighted by Crippen LogP contribution is 2.30. The number of nitrogens with one attached hydrogen (secondary N) is 1. The van der Waals surface area contributed by atoms with E-state index in [-0.39, 0.29) is 23.2 Å². The summed E-state index contributed by atoms with van der Waals surface area (Å²) in [6, 6.07) is 11.9. The molecule has 150 valence electrons. The van der Waals surface area contributed by atoms with Crippen molar-refractivity contribution < 1.29 is 15.0 Å². The fourth-order valence-corrected chi connectivity index (χ4v) is 4.89. The number of benzene rings is 2. The average Bonchev–Trinajstić information content (AvgIpc) is 3.17. The molecule has 0 spiro atoms. The van der Waals surface area contributed by atoms with E-state index in [0.717, 1.165) is 15.7 Å². The summed E-state index contributed by atoms with van der Waals surface area (Å²) in [6.45, 7) is 0. The van der Waals surface area contributed by atoms with Crippen LogP contribution in [0, 0.1) is 0 Å². The molecule has 0 saturated carbocycles. The minimum atomic E-state index is -0.292. The standard InChI is InChI=1S/C18H15ClN4O3S3/c19-13-4-1-11(2-5-13)9-27-17-22-23-18(29-17)28-10-16(26)21-20-8-12-3-6-14(24)15(25)7-12/h1-8,24-25H,9-10H2,(H,21,26)/b20-8+. The quantitative estimate of drug-likeness (QED) is 0.198. The monoisotopic (exact) mass is 466 g/mol. The molecule has 11 heteroatoms. The molecular weight excluding hydrogens is 452 g/mol. The summed E-state index contributed by atoms with van der Waals surface area (Å²) in [7, 11) is 0. The van der Waals surface area contributed by atoms with E-state index in [1.807, 2.05) is 24.3 Å². The Morgan fingerprint density at radius 2 is 1.83 bits per heavy atom. The van der Waals surface area contributed by atoms with Crippen molar-refractivity contribution in [3.05, 3.63) is 58.6 Å². The maximum atomic E-state index is 11.9. The van der Waals surface area contributed by atoms with Crippen LogP contribution in [0.1, 0.15) is 11.1 Å². The number of phenolic OH excluding ortho intramolecular Hbond substituents is 2. The van der Waals surface area contributed by atoms with Crippen molar-refractivity contribution in [2.45, 2.75) is 14.4 Å². The number of phenols is 2. The summed E-state index contributed by atoms with van der Waals surface area (Å²) >= 11 is 10.2. The number of amides is 1. The Morgan fingerprint density at radius 3 is 2.55 bits per heavy atom. The Balaban J connectivity index is 1.41. The fraction of sp³-hybridized carbons (Fsp3) is 0.111. The Morgan fingerprint density at radius 1 is 1.10 bits per heavy atom. The maximum Gasteiger partial charge on any atom is 0.250 e. The summed E-state index contributed by atoms with van der Waals surface area (Å²) in [5, 5.41) is 31.4. The smallest absolute Gasteiger partial charge is 0.250 e. The molecule has 0 bridgehead atoms. The van der Waals surface area contributed by atoms with Crippen LogP contribution < -0.4 is 5.43 Å². The second kappa shape index (κ2) is 10.5. The number of hydrazone groups is 1. The van der Waals surface area contributed by atoms with Gasteiger partial charge in [0.1, 0.15) is 0 Å². The number of carbonyl (C=O) groups excluding carboxylic acids is 1. The van der Waals surface area contributed by atoms with Crippen LogP contribution in [0.4, 0.5) is 0 Å². The molecule has 3 N–H and O–H groups in total. The first-order valence-electron chi connectivity index (χ1n) is 8.17. The van der Waals surface area contributed by atoms with Crippen LogP contribution in [0.25, 0.3) is 0 Å². The van der Waals surface area contributed by atoms with Crippen LogP contribution in [0.3, 0.4) is 0 Å². The SMILES string of the molecule is O=C(CSc1nnc(SCc2ccc(Cl)cc2)s1)N/N=C/c1ccc(O)c(O)c1. The van der Waals surface area contributed by atoms with Crippen molar-refractivity contribution in [2.75, 3.05) is 5.75 Å². The van der Waals surface area contributed by atoms with Gasteiger partial charge in [-0.05, 0) is 41.5 Å². The van der Waals surface area contributed by atoms with Gasteiger partial charge >= 0.3 is 0 Å². The second-order valence-electron chi connectivity index (χ2n) is 5.58. The predicted molar refractivity (Wildman–Crippen MR) is 117 cm³/mol. The first kappa shape index (κ1) is 21.4. The van der Waals surface area contributed by atoms with Gasteiger partial charge in [-0.15, -0.1) is 10.2 Å². The van der Waals surface area contributed by atoms with Crippen molar-refractivity contribution in [1.29, 1.82) is 0 Å². The first-order valence-corrected chi connectivity index (χ1v) is 11.3. The Kier molecular flexibility index (Phi) is 7.76. The van der Waals surface area contributed by atoms with E-state index in [2.05, 4.69) is 20.7 Å². The molecule has 1 heterocycles. The number of nitrogens with zero attached hydrogens (tertiary/aromatic N) is 3. The zero-order valence-corrected chi connectivity index (χ0v) is 18.0. The van der Waals surface area contributed by atoms with E-state index in [1.165, 1.54) is 41.4 Å². The van der Waals surface area contributed by atoms with Gasteiger partial charge in [0.25, 0.3) is 5.91 Å². The van der Waals surface area contributed by atoms with Crippen molar-refractivity contribution in [1.82, 2.24) is 15.6 Å². The van der Waals surface area contributed by atoms with E-state index in [9.17, 15) is 15.0 Å². The molecule has 0 fully saturated rings. The number of rotatable bonds is 8. The molecule has 7 nitrogen and oxygen atoms in total. The third-order valence-electron chi connectivity index (χ3n) is 3.39. The lowest BCUT2D eigenvalue weighted by atomic mass is 10.2. The van der Waals surface area contributed by atoms with Gasteiger partial charge < -0.3 is 10.2 Å². The molecule has 0 atom stereocenters. The summed E-state index contributed by atoms with van der Waals surface area (Å²) in [6.07, 6.45) is 1.37. The van der Waals surface area contributed by atoms with Crippen LogP contribution in [0.5, 0.6) is 11.5 Å². The summed E-state index contributed by atoms with van der Waals surface area (Å²) in [5.41, 5.74) is 4.08. The van der Waals surface area contributed by atoms with Crippen LogP contribution in [0.2, 0.25) is 5.02 Å². The third-order valence-corrected chi connectivity index (χ3v) is 6.91. The number of halogens is 1. The molecule has 0 unspecified atom stereocenters. The van der Waals surface area contributed by atoms with Gasteiger partial charge in [-0.3, -0.25) is 4.79 Å². The van der Waals surface area contributed by atoms with E-state index in [0.29, 0.717) is 14.9 Å². The molecule has 1 aromatic heterocycles. The Labute approximate surface area is 184 Å². The summed E-state index contributed by atoms with van der Waals surface area (Å²) < 4.78 is 1.53. The fourth-order valence-electron chi connectivity index (χ4n) is 2.00.